The predicted molar refractivity (Wildman–Crippen MR) is 68.8 cm³/mol. The Morgan fingerprint density at radius 1 is 1.29 bits per heavy atom. The predicted octanol–water partition coefficient (Wildman–Crippen LogP) is 2.41. The Kier molecular flexibility index (Phi) is 2.82. The second kappa shape index (κ2) is 4.44. The van der Waals surface area contributed by atoms with Gasteiger partial charge in [-0.3, -0.25) is 0 Å². The van der Waals surface area contributed by atoms with Crippen LogP contribution in [-0.2, 0) is 6.18 Å². The summed E-state index contributed by atoms with van der Waals surface area (Å²) in [5.41, 5.74) is -0.169. The number of hydrogen-bond donors (Lipinski definition) is 1. The van der Waals surface area contributed by atoms with Gasteiger partial charge in [-0.05, 0) is 19.1 Å². The Labute approximate surface area is 116 Å². The van der Waals surface area contributed by atoms with E-state index in [1.54, 1.807) is 6.92 Å². The highest BCUT2D eigenvalue weighted by Gasteiger charge is 2.30. The summed E-state index contributed by atoms with van der Waals surface area (Å²) in [7, 11) is 0. The molecule has 0 atom stereocenters. The number of hydrogen-bond acceptors (Lipinski definition) is 3. The number of fused-ring (bicyclic) bond motifs is 1. The Morgan fingerprint density at radius 2 is 2.05 bits per heavy atom. The maximum absolute atomic E-state index is 12.8. The number of imidazole rings is 1. The molecular weight excluding hydrogens is 285 g/mol. The summed E-state index contributed by atoms with van der Waals surface area (Å²) < 4.78 is 39.5. The lowest BCUT2D eigenvalue weighted by molar-refractivity contribution is -0.137. The fourth-order valence-electron chi connectivity index (χ4n) is 2.13. The van der Waals surface area contributed by atoms with Crippen molar-refractivity contribution in [1.29, 1.82) is 0 Å². The van der Waals surface area contributed by atoms with Gasteiger partial charge in [0.1, 0.15) is 5.82 Å². The third-order valence-electron chi connectivity index (χ3n) is 3.10. The number of nitrogens with one attached hydrogen (secondary N) is 1. The molecule has 0 radical (unpaired) electrons. The number of aryl methyl sites for hydroxylation is 1. The van der Waals surface area contributed by atoms with Crippen LogP contribution in [0.1, 0.15) is 11.3 Å². The Hall–Kier alpha value is -2.64. The third kappa shape index (κ3) is 2.18. The second-order valence-corrected chi connectivity index (χ2v) is 4.50. The smallest absolute Gasteiger partial charge is 0.246 e. The SMILES string of the molecule is Cc1nc(-c2cccc(C(F)(F)F)c2)n2c(=O)[nH]ncc12. The molecule has 0 aliphatic carbocycles. The number of rotatable bonds is 1. The monoisotopic (exact) mass is 294 g/mol. The maximum atomic E-state index is 12.8. The summed E-state index contributed by atoms with van der Waals surface area (Å²) in [5, 5.41) is 5.90. The standard InChI is InChI=1S/C13H9F3N4O/c1-7-10-6-17-19-12(21)20(10)11(18-7)8-3-2-4-9(5-8)13(14,15)16/h2-6H,1H3,(H,19,21). The van der Waals surface area contributed by atoms with E-state index < -0.39 is 17.4 Å². The van der Waals surface area contributed by atoms with Crippen molar-refractivity contribution in [3.8, 4) is 11.4 Å². The van der Waals surface area contributed by atoms with Gasteiger partial charge in [0, 0.05) is 5.56 Å². The molecule has 0 unspecified atom stereocenters. The Balaban J connectivity index is 2.29. The first kappa shape index (κ1) is 13.3. The summed E-state index contributed by atoms with van der Waals surface area (Å²) in [6.07, 6.45) is -3.05. The molecule has 3 aromatic rings. The van der Waals surface area contributed by atoms with Crippen LogP contribution in [0.3, 0.4) is 0 Å². The lowest BCUT2D eigenvalue weighted by Crippen LogP contribution is -2.18. The van der Waals surface area contributed by atoms with Gasteiger partial charge in [-0.2, -0.15) is 18.3 Å². The molecule has 0 fully saturated rings. The molecular formula is C13H9F3N4O. The number of aromatic amines is 1. The summed E-state index contributed by atoms with van der Waals surface area (Å²) >= 11 is 0. The van der Waals surface area contributed by atoms with E-state index in [2.05, 4.69) is 15.2 Å². The molecule has 2 heterocycles. The number of nitrogens with zero attached hydrogens (tertiary/aromatic N) is 3. The summed E-state index contributed by atoms with van der Waals surface area (Å²) in [4.78, 5) is 16.0. The minimum absolute atomic E-state index is 0.150. The fourth-order valence-corrected chi connectivity index (χ4v) is 2.13. The molecule has 2 aromatic heterocycles. The van der Waals surface area contributed by atoms with Gasteiger partial charge >= 0.3 is 11.9 Å². The van der Waals surface area contributed by atoms with Crippen molar-refractivity contribution in [3.63, 3.8) is 0 Å². The maximum Gasteiger partial charge on any atom is 0.416 e. The van der Waals surface area contributed by atoms with Gasteiger partial charge in [0.05, 0.1) is 23.0 Å². The number of H-pyrrole nitrogens is 1. The minimum atomic E-state index is -4.45. The Bertz CT molecular complexity index is 879. The molecule has 5 nitrogen and oxygen atoms in total. The lowest BCUT2D eigenvalue weighted by Gasteiger charge is -2.07. The van der Waals surface area contributed by atoms with E-state index in [0.29, 0.717) is 11.2 Å². The zero-order chi connectivity index (χ0) is 15.2. The van der Waals surface area contributed by atoms with Gasteiger partial charge in [-0.1, -0.05) is 12.1 Å². The van der Waals surface area contributed by atoms with Crippen LogP contribution in [-0.4, -0.2) is 19.6 Å². The molecule has 0 bridgehead atoms. The van der Waals surface area contributed by atoms with Crippen LogP contribution in [0.4, 0.5) is 13.2 Å². The number of benzene rings is 1. The highest BCUT2D eigenvalue weighted by molar-refractivity contribution is 5.64. The second-order valence-electron chi connectivity index (χ2n) is 4.50. The van der Waals surface area contributed by atoms with E-state index in [1.807, 2.05) is 0 Å². The largest absolute Gasteiger partial charge is 0.416 e. The van der Waals surface area contributed by atoms with Crippen molar-refractivity contribution < 1.29 is 13.2 Å². The van der Waals surface area contributed by atoms with E-state index in [-0.39, 0.29) is 11.4 Å². The molecule has 0 aliphatic heterocycles. The molecule has 21 heavy (non-hydrogen) atoms. The molecule has 0 amide bonds. The van der Waals surface area contributed by atoms with Crippen molar-refractivity contribution >= 4 is 5.52 Å². The van der Waals surface area contributed by atoms with Crippen LogP contribution >= 0.6 is 0 Å². The first-order valence-corrected chi connectivity index (χ1v) is 5.98. The van der Waals surface area contributed by atoms with E-state index in [1.165, 1.54) is 22.7 Å². The molecule has 0 saturated heterocycles. The molecule has 1 aromatic carbocycles. The summed E-state index contributed by atoms with van der Waals surface area (Å²) in [6, 6.07) is 4.69. The van der Waals surface area contributed by atoms with Gasteiger partial charge in [0.15, 0.2) is 0 Å². The zero-order valence-electron chi connectivity index (χ0n) is 10.8. The van der Waals surface area contributed by atoms with Crippen molar-refractivity contribution in [2.75, 3.05) is 0 Å². The number of aromatic nitrogens is 4. The minimum Gasteiger partial charge on any atom is -0.246 e. The summed E-state index contributed by atoms with van der Waals surface area (Å²) in [6.45, 7) is 1.66. The van der Waals surface area contributed by atoms with Crippen molar-refractivity contribution in [3.05, 3.63) is 52.2 Å². The van der Waals surface area contributed by atoms with Crippen molar-refractivity contribution in [2.45, 2.75) is 13.1 Å². The van der Waals surface area contributed by atoms with E-state index in [0.717, 1.165) is 12.1 Å². The van der Waals surface area contributed by atoms with Crippen LogP contribution in [0.2, 0.25) is 0 Å². The topological polar surface area (TPSA) is 63.1 Å². The molecule has 0 saturated carbocycles. The Morgan fingerprint density at radius 3 is 2.76 bits per heavy atom. The molecule has 0 aliphatic rings. The fraction of sp³-hybridized carbons (Fsp3) is 0.154. The van der Waals surface area contributed by atoms with Crippen LogP contribution in [0.5, 0.6) is 0 Å². The van der Waals surface area contributed by atoms with E-state index in [4.69, 9.17) is 0 Å². The molecule has 3 rings (SSSR count). The highest BCUT2D eigenvalue weighted by atomic mass is 19.4. The van der Waals surface area contributed by atoms with Crippen LogP contribution < -0.4 is 5.69 Å². The zero-order valence-corrected chi connectivity index (χ0v) is 10.8. The van der Waals surface area contributed by atoms with Gasteiger partial charge < -0.3 is 0 Å². The van der Waals surface area contributed by atoms with E-state index in [9.17, 15) is 18.0 Å². The third-order valence-corrected chi connectivity index (χ3v) is 3.10. The molecule has 0 spiro atoms. The lowest BCUT2D eigenvalue weighted by atomic mass is 10.1. The summed E-state index contributed by atoms with van der Waals surface area (Å²) in [5.74, 6) is 0.150. The van der Waals surface area contributed by atoms with Gasteiger partial charge in [0.25, 0.3) is 0 Å². The van der Waals surface area contributed by atoms with Crippen LogP contribution in [0.25, 0.3) is 16.9 Å². The molecule has 108 valence electrons. The van der Waals surface area contributed by atoms with Gasteiger partial charge in [-0.15, -0.1) is 0 Å². The molecule has 1 N–H and O–H groups in total. The highest BCUT2D eigenvalue weighted by Crippen LogP contribution is 2.32. The van der Waals surface area contributed by atoms with Crippen LogP contribution in [0, 0.1) is 6.92 Å². The van der Waals surface area contributed by atoms with Crippen molar-refractivity contribution in [2.24, 2.45) is 0 Å². The first-order chi connectivity index (χ1) is 9.88. The van der Waals surface area contributed by atoms with Crippen molar-refractivity contribution in [1.82, 2.24) is 19.6 Å². The van der Waals surface area contributed by atoms with Crippen LogP contribution in [0.15, 0.2) is 35.3 Å². The van der Waals surface area contributed by atoms with E-state index >= 15 is 0 Å². The van der Waals surface area contributed by atoms with Gasteiger partial charge in [0.2, 0.25) is 0 Å². The first-order valence-electron chi connectivity index (χ1n) is 5.98. The quantitative estimate of drug-likeness (QED) is 0.749. The number of halogens is 3. The normalized spacial score (nSPS) is 12.0. The number of alkyl halides is 3. The average Bonchev–Trinajstić information content (AvgIpc) is 2.77. The average molecular weight is 294 g/mol. The van der Waals surface area contributed by atoms with Gasteiger partial charge in [-0.25, -0.2) is 19.3 Å². The molecule has 8 heteroatoms.